The van der Waals surface area contributed by atoms with Gasteiger partial charge in [-0.15, -0.1) is 0 Å². The zero-order valence-corrected chi connectivity index (χ0v) is 20.1. The molecule has 1 aliphatic heterocycles. The number of nitrogens with one attached hydrogen (secondary N) is 2. The van der Waals surface area contributed by atoms with Crippen molar-refractivity contribution in [2.45, 2.75) is 50.3 Å². The van der Waals surface area contributed by atoms with E-state index in [2.05, 4.69) is 10.6 Å². The summed E-state index contributed by atoms with van der Waals surface area (Å²) in [7, 11) is 0. The predicted molar refractivity (Wildman–Crippen MR) is 131 cm³/mol. The smallest absolute Gasteiger partial charge is 0.245 e. The van der Waals surface area contributed by atoms with Crippen molar-refractivity contribution in [2.24, 2.45) is 5.92 Å². The van der Waals surface area contributed by atoms with Gasteiger partial charge >= 0.3 is 0 Å². The molecule has 0 radical (unpaired) electrons. The third-order valence-electron chi connectivity index (χ3n) is 6.17. The Kier molecular flexibility index (Phi) is 9.14. The summed E-state index contributed by atoms with van der Waals surface area (Å²) in [6.07, 6.45) is 0.416. The van der Waals surface area contributed by atoms with Crippen molar-refractivity contribution in [2.75, 3.05) is 19.8 Å². The maximum absolute atomic E-state index is 13.0. The zero-order valence-electron chi connectivity index (χ0n) is 20.1. The molecule has 3 atom stereocenters. The number of rotatable bonds is 13. The molecule has 0 aliphatic carbocycles. The lowest BCUT2D eigenvalue weighted by atomic mass is 9.88. The first-order valence-corrected chi connectivity index (χ1v) is 11.9. The van der Waals surface area contributed by atoms with Gasteiger partial charge in [-0.3, -0.25) is 14.4 Å². The predicted octanol–water partition coefficient (Wildman–Crippen LogP) is 1.55. The van der Waals surface area contributed by atoms with Gasteiger partial charge in [0, 0.05) is 12.3 Å². The number of hydrogen-bond donors (Lipinski definition) is 4. The van der Waals surface area contributed by atoms with E-state index in [9.17, 15) is 24.6 Å². The third kappa shape index (κ3) is 6.97. The Balaban J connectivity index is 1.69. The van der Waals surface area contributed by atoms with Crippen LogP contribution in [0.25, 0.3) is 0 Å². The Hall–Kier alpha value is -3.07. The largest absolute Gasteiger partial charge is 0.394 e. The van der Waals surface area contributed by atoms with Gasteiger partial charge in [0.15, 0.2) is 11.4 Å². The molecule has 2 aromatic carbocycles. The number of amides is 2. The van der Waals surface area contributed by atoms with Crippen molar-refractivity contribution in [3.8, 4) is 0 Å². The van der Waals surface area contributed by atoms with Crippen LogP contribution in [0.2, 0.25) is 0 Å². The van der Waals surface area contributed by atoms with Gasteiger partial charge in [-0.1, -0.05) is 74.5 Å². The molecule has 8 heteroatoms. The average molecular weight is 483 g/mol. The SMILES string of the molecule is CC(C)C[C@H](NC(=O)[C@H](CO)NC(=O)CC(c1ccccc1)c1ccccc1)C(=O)[C@]1(CO)CO1. The van der Waals surface area contributed by atoms with Crippen LogP contribution in [-0.4, -0.2) is 65.3 Å². The van der Waals surface area contributed by atoms with Crippen LogP contribution in [-0.2, 0) is 19.1 Å². The van der Waals surface area contributed by atoms with Gasteiger partial charge in [0.25, 0.3) is 0 Å². The first-order valence-electron chi connectivity index (χ1n) is 11.9. The highest BCUT2D eigenvalue weighted by molar-refractivity contribution is 5.98. The number of hydrogen-bond acceptors (Lipinski definition) is 6. The standard InChI is InChI=1S/C27H34N2O6/c1-18(2)13-22(25(33)27(16-31)17-35-27)29-26(34)23(15-30)28-24(32)14-21(19-9-5-3-6-10-19)20-11-7-4-8-12-20/h3-12,18,21-23,30-31H,13-17H2,1-2H3,(H,28,32)(H,29,34)/t22-,23-,27-/m0/s1. The van der Waals surface area contributed by atoms with Crippen LogP contribution >= 0.6 is 0 Å². The van der Waals surface area contributed by atoms with Crippen molar-refractivity contribution in [3.63, 3.8) is 0 Å². The summed E-state index contributed by atoms with van der Waals surface area (Å²) in [6.45, 7) is 2.84. The number of epoxide rings is 1. The minimum atomic E-state index is -1.27. The summed E-state index contributed by atoms with van der Waals surface area (Å²) in [5, 5.41) is 24.6. The van der Waals surface area contributed by atoms with E-state index in [0.717, 1.165) is 11.1 Å². The quantitative estimate of drug-likeness (QED) is 0.321. The van der Waals surface area contributed by atoms with E-state index in [1.54, 1.807) is 0 Å². The van der Waals surface area contributed by atoms with E-state index in [-0.39, 0.29) is 24.9 Å². The van der Waals surface area contributed by atoms with Gasteiger partial charge in [-0.05, 0) is 23.5 Å². The van der Waals surface area contributed by atoms with Crippen LogP contribution in [0.5, 0.6) is 0 Å². The Bertz CT molecular complexity index is 952. The molecule has 1 aliphatic rings. The van der Waals surface area contributed by atoms with Gasteiger partial charge in [0.1, 0.15) is 6.04 Å². The maximum Gasteiger partial charge on any atom is 0.245 e. The molecule has 4 N–H and O–H groups in total. The maximum atomic E-state index is 13.0. The molecule has 1 heterocycles. The molecule has 3 rings (SSSR count). The molecule has 188 valence electrons. The fourth-order valence-corrected chi connectivity index (χ4v) is 4.12. The molecule has 8 nitrogen and oxygen atoms in total. The first-order chi connectivity index (χ1) is 16.8. The lowest BCUT2D eigenvalue weighted by Crippen LogP contribution is -2.55. The molecule has 1 saturated heterocycles. The van der Waals surface area contributed by atoms with Crippen LogP contribution in [0.3, 0.4) is 0 Å². The Labute approximate surface area is 205 Å². The second-order valence-corrected chi connectivity index (χ2v) is 9.38. The van der Waals surface area contributed by atoms with Crippen LogP contribution in [0.15, 0.2) is 60.7 Å². The van der Waals surface area contributed by atoms with Gasteiger partial charge in [-0.25, -0.2) is 0 Å². The lowest BCUT2D eigenvalue weighted by Gasteiger charge is -2.25. The highest BCUT2D eigenvalue weighted by atomic mass is 16.6. The van der Waals surface area contributed by atoms with Crippen LogP contribution in [0.4, 0.5) is 0 Å². The molecule has 0 spiro atoms. The Morgan fingerprint density at radius 3 is 1.89 bits per heavy atom. The third-order valence-corrected chi connectivity index (χ3v) is 6.17. The summed E-state index contributed by atoms with van der Waals surface area (Å²) in [5.41, 5.74) is 0.643. The number of Topliss-reactive ketones (excluding diaryl/α,β-unsaturated/α-hetero) is 1. The number of aliphatic hydroxyl groups excluding tert-OH is 2. The lowest BCUT2D eigenvalue weighted by molar-refractivity contribution is -0.134. The van der Waals surface area contributed by atoms with Crippen LogP contribution in [0, 0.1) is 5.92 Å². The minimum Gasteiger partial charge on any atom is -0.394 e. The number of aliphatic hydroxyl groups is 2. The average Bonchev–Trinajstić information content (AvgIpc) is 3.67. The van der Waals surface area contributed by atoms with Gasteiger partial charge < -0.3 is 25.6 Å². The van der Waals surface area contributed by atoms with E-state index < -0.39 is 48.5 Å². The highest BCUT2D eigenvalue weighted by Crippen LogP contribution is 2.30. The van der Waals surface area contributed by atoms with Crippen molar-refractivity contribution in [1.29, 1.82) is 0 Å². The molecular weight excluding hydrogens is 448 g/mol. The number of benzene rings is 2. The zero-order chi connectivity index (χ0) is 25.4. The van der Waals surface area contributed by atoms with Crippen molar-refractivity contribution in [3.05, 3.63) is 71.8 Å². The summed E-state index contributed by atoms with van der Waals surface area (Å²) in [5.74, 6) is -1.62. The molecule has 0 bridgehead atoms. The fourth-order valence-electron chi connectivity index (χ4n) is 4.12. The number of ether oxygens (including phenoxy) is 1. The number of ketones is 1. The van der Waals surface area contributed by atoms with Crippen molar-refractivity contribution < 1.29 is 29.3 Å². The fraction of sp³-hybridized carbons (Fsp3) is 0.444. The Morgan fingerprint density at radius 1 is 0.914 bits per heavy atom. The van der Waals surface area contributed by atoms with Crippen molar-refractivity contribution >= 4 is 17.6 Å². The molecule has 0 unspecified atom stereocenters. The number of carbonyl (C=O) groups excluding carboxylic acids is 3. The molecule has 2 amide bonds. The van der Waals surface area contributed by atoms with E-state index in [0.29, 0.717) is 6.42 Å². The van der Waals surface area contributed by atoms with Crippen LogP contribution < -0.4 is 10.6 Å². The van der Waals surface area contributed by atoms with Gasteiger partial charge in [0.2, 0.25) is 11.8 Å². The van der Waals surface area contributed by atoms with E-state index in [1.165, 1.54) is 0 Å². The number of carbonyl (C=O) groups is 3. The van der Waals surface area contributed by atoms with Gasteiger partial charge in [0.05, 0.1) is 25.9 Å². The molecule has 35 heavy (non-hydrogen) atoms. The van der Waals surface area contributed by atoms with E-state index >= 15 is 0 Å². The van der Waals surface area contributed by atoms with Crippen molar-refractivity contribution in [1.82, 2.24) is 10.6 Å². The molecule has 1 fully saturated rings. The molecule has 2 aromatic rings. The normalized spacial score (nSPS) is 18.7. The summed E-state index contributed by atoms with van der Waals surface area (Å²) < 4.78 is 5.16. The monoisotopic (exact) mass is 482 g/mol. The highest BCUT2D eigenvalue weighted by Gasteiger charge is 2.54. The first kappa shape index (κ1) is 26.5. The van der Waals surface area contributed by atoms with Gasteiger partial charge in [-0.2, -0.15) is 0 Å². The summed E-state index contributed by atoms with van der Waals surface area (Å²) >= 11 is 0. The topological polar surface area (TPSA) is 128 Å². The minimum absolute atomic E-state index is 0.0770. The molecule has 0 saturated carbocycles. The summed E-state index contributed by atoms with van der Waals surface area (Å²) in [6, 6.07) is 17.1. The van der Waals surface area contributed by atoms with Crippen LogP contribution in [0.1, 0.15) is 43.7 Å². The van der Waals surface area contributed by atoms with E-state index in [4.69, 9.17) is 4.74 Å². The molecular formula is C27H34N2O6. The Morgan fingerprint density at radius 2 is 1.46 bits per heavy atom. The summed E-state index contributed by atoms with van der Waals surface area (Å²) in [4.78, 5) is 38.8. The second kappa shape index (κ2) is 12.1. The second-order valence-electron chi connectivity index (χ2n) is 9.38. The molecule has 0 aromatic heterocycles. The van der Waals surface area contributed by atoms with E-state index in [1.807, 2.05) is 74.5 Å².